The molecule has 0 radical (unpaired) electrons. The molecule has 0 saturated carbocycles. The van der Waals surface area contributed by atoms with Crippen LogP contribution in [0.4, 0.5) is 0 Å². The number of nitrogens with zero attached hydrogens (tertiary/aromatic N) is 2. The number of H-pyrrole nitrogens is 1. The van der Waals surface area contributed by atoms with Gasteiger partial charge >= 0.3 is 0 Å². The Balaban J connectivity index is 1.64. The first-order chi connectivity index (χ1) is 12.0. The Hall–Kier alpha value is -2.27. The Morgan fingerprint density at radius 1 is 1.40 bits per heavy atom. The van der Waals surface area contributed by atoms with Crippen molar-refractivity contribution in [3.63, 3.8) is 0 Å². The third kappa shape index (κ3) is 2.63. The summed E-state index contributed by atoms with van der Waals surface area (Å²) in [5, 5.41) is 5.79. The smallest absolute Gasteiger partial charge is 0.230 e. The molecule has 0 saturated heterocycles. The van der Waals surface area contributed by atoms with E-state index >= 15 is 0 Å². The van der Waals surface area contributed by atoms with Gasteiger partial charge in [0.1, 0.15) is 5.76 Å². The molecule has 0 bridgehead atoms. The van der Waals surface area contributed by atoms with E-state index in [2.05, 4.69) is 10.1 Å². The van der Waals surface area contributed by atoms with E-state index in [0.29, 0.717) is 18.1 Å². The number of amides is 1. The molecular formula is C19H20ClN3O2. The van der Waals surface area contributed by atoms with Crippen LogP contribution in [0, 0.1) is 13.8 Å². The summed E-state index contributed by atoms with van der Waals surface area (Å²) in [5.74, 6) is 0.563. The minimum atomic E-state index is -0.262. The second kappa shape index (κ2) is 5.92. The van der Waals surface area contributed by atoms with E-state index in [4.69, 9.17) is 16.1 Å². The molecule has 0 spiro atoms. The summed E-state index contributed by atoms with van der Waals surface area (Å²) in [6.07, 6.45) is 0.821. The monoisotopic (exact) mass is 357 g/mol. The molecule has 1 aliphatic heterocycles. The highest BCUT2D eigenvalue weighted by atomic mass is 35.5. The molecule has 1 amide bonds. The standard InChI is InChI=1S/C19H20ClN3O2/c1-10(18-11(2)22-25-12(18)3)19(24)23-7-6-17-15(9-23)14-8-13(20)4-5-16(14)21-17/h4-5,8,10,21H,6-7,9H2,1-3H3/t10-/m1/s1. The van der Waals surface area contributed by atoms with Gasteiger partial charge in [-0.15, -0.1) is 0 Å². The Kier molecular flexibility index (Phi) is 3.84. The van der Waals surface area contributed by atoms with Gasteiger partial charge in [-0.1, -0.05) is 16.8 Å². The van der Waals surface area contributed by atoms with Crippen molar-refractivity contribution in [1.29, 1.82) is 0 Å². The van der Waals surface area contributed by atoms with Gasteiger partial charge in [0.2, 0.25) is 5.91 Å². The van der Waals surface area contributed by atoms with Gasteiger partial charge in [-0.3, -0.25) is 4.79 Å². The fourth-order valence-electron chi connectivity index (χ4n) is 3.88. The van der Waals surface area contributed by atoms with Gasteiger partial charge in [-0.2, -0.15) is 0 Å². The van der Waals surface area contributed by atoms with Crippen molar-refractivity contribution >= 4 is 28.4 Å². The number of aryl methyl sites for hydroxylation is 2. The highest BCUT2D eigenvalue weighted by Crippen LogP contribution is 2.32. The Morgan fingerprint density at radius 3 is 2.92 bits per heavy atom. The lowest BCUT2D eigenvalue weighted by Crippen LogP contribution is -2.38. The molecule has 1 atom stereocenters. The molecule has 5 nitrogen and oxygen atoms in total. The van der Waals surface area contributed by atoms with Crippen molar-refractivity contribution in [3.05, 3.63) is 51.5 Å². The predicted molar refractivity (Wildman–Crippen MR) is 96.8 cm³/mol. The number of rotatable bonds is 2. The molecule has 1 aliphatic rings. The highest BCUT2D eigenvalue weighted by Gasteiger charge is 2.30. The van der Waals surface area contributed by atoms with E-state index in [9.17, 15) is 4.79 Å². The number of hydrogen-bond donors (Lipinski definition) is 1. The van der Waals surface area contributed by atoms with Gasteiger partial charge in [0, 0.05) is 52.3 Å². The summed E-state index contributed by atoms with van der Waals surface area (Å²) in [7, 11) is 0. The first kappa shape index (κ1) is 16.2. The maximum atomic E-state index is 13.1. The van der Waals surface area contributed by atoms with Crippen molar-refractivity contribution in [3.8, 4) is 0 Å². The van der Waals surface area contributed by atoms with Crippen LogP contribution in [-0.4, -0.2) is 27.5 Å². The van der Waals surface area contributed by atoms with Crippen LogP contribution >= 0.6 is 11.6 Å². The minimum absolute atomic E-state index is 0.108. The lowest BCUT2D eigenvalue weighted by Gasteiger charge is -2.29. The fourth-order valence-corrected chi connectivity index (χ4v) is 4.05. The fraction of sp³-hybridized carbons (Fsp3) is 0.368. The summed E-state index contributed by atoms with van der Waals surface area (Å²) in [4.78, 5) is 18.4. The molecule has 25 heavy (non-hydrogen) atoms. The lowest BCUT2D eigenvalue weighted by molar-refractivity contribution is -0.133. The Labute approximate surface area is 150 Å². The first-order valence-corrected chi connectivity index (χ1v) is 8.84. The molecule has 6 heteroatoms. The van der Waals surface area contributed by atoms with Crippen LogP contribution in [0.25, 0.3) is 10.9 Å². The lowest BCUT2D eigenvalue weighted by atomic mass is 9.96. The van der Waals surface area contributed by atoms with E-state index in [1.54, 1.807) is 0 Å². The van der Waals surface area contributed by atoms with Crippen LogP contribution in [0.2, 0.25) is 5.02 Å². The van der Waals surface area contributed by atoms with E-state index in [-0.39, 0.29) is 11.8 Å². The molecular weight excluding hydrogens is 338 g/mol. The van der Waals surface area contributed by atoms with E-state index in [1.165, 1.54) is 11.3 Å². The van der Waals surface area contributed by atoms with Crippen LogP contribution in [0.5, 0.6) is 0 Å². The summed E-state index contributed by atoms with van der Waals surface area (Å²) >= 11 is 6.16. The molecule has 3 aromatic rings. The number of hydrogen-bond acceptors (Lipinski definition) is 3. The van der Waals surface area contributed by atoms with Crippen molar-refractivity contribution in [2.45, 2.75) is 39.7 Å². The molecule has 1 aromatic carbocycles. The van der Waals surface area contributed by atoms with Gasteiger partial charge in [-0.25, -0.2) is 0 Å². The molecule has 3 heterocycles. The third-order valence-corrected chi connectivity index (χ3v) is 5.38. The van der Waals surface area contributed by atoms with Crippen molar-refractivity contribution < 1.29 is 9.32 Å². The van der Waals surface area contributed by atoms with Gasteiger partial charge in [-0.05, 0) is 39.0 Å². The quantitative estimate of drug-likeness (QED) is 0.750. The summed E-state index contributed by atoms with van der Waals surface area (Å²) in [6.45, 7) is 6.97. The van der Waals surface area contributed by atoms with Crippen LogP contribution in [-0.2, 0) is 17.8 Å². The molecule has 2 aromatic heterocycles. The van der Waals surface area contributed by atoms with Gasteiger partial charge in [0.05, 0.1) is 11.6 Å². The maximum absolute atomic E-state index is 13.1. The topological polar surface area (TPSA) is 62.1 Å². The number of carbonyl (C=O) groups excluding carboxylic acids is 1. The Morgan fingerprint density at radius 2 is 2.20 bits per heavy atom. The SMILES string of the molecule is Cc1noc(C)c1[C@@H](C)C(=O)N1CCc2[nH]c3ccc(Cl)cc3c2C1. The maximum Gasteiger partial charge on any atom is 0.230 e. The van der Waals surface area contributed by atoms with Gasteiger partial charge < -0.3 is 14.4 Å². The molecule has 0 aliphatic carbocycles. The highest BCUT2D eigenvalue weighted by molar-refractivity contribution is 6.31. The predicted octanol–water partition coefficient (Wildman–Crippen LogP) is 4.11. The van der Waals surface area contributed by atoms with Gasteiger partial charge in [0.15, 0.2) is 0 Å². The zero-order valence-electron chi connectivity index (χ0n) is 14.5. The number of aromatic amines is 1. The minimum Gasteiger partial charge on any atom is -0.361 e. The number of benzene rings is 1. The molecule has 130 valence electrons. The zero-order valence-corrected chi connectivity index (χ0v) is 15.3. The van der Waals surface area contributed by atoms with Crippen LogP contribution in [0.3, 0.4) is 0 Å². The van der Waals surface area contributed by atoms with Crippen molar-refractivity contribution in [1.82, 2.24) is 15.0 Å². The molecule has 0 fully saturated rings. The number of nitrogens with one attached hydrogen (secondary N) is 1. The summed E-state index contributed by atoms with van der Waals surface area (Å²) < 4.78 is 5.23. The van der Waals surface area contributed by atoms with Gasteiger partial charge in [0.25, 0.3) is 0 Å². The van der Waals surface area contributed by atoms with Crippen molar-refractivity contribution in [2.75, 3.05) is 6.54 Å². The van der Waals surface area contributed by atoms with Crippen LogP contribution in [0.15, 0.2) is 22.7 Å². The number of halogens is 1. The molecule has 1 N–H and O–H groups in total. The van der Waals surface area contributed by atoms with Crippen LogP contribution < -0.4 is 0 Å². The first-order valence-electron chi connectivity index (χ1n) is 8.46. The number of fused-ring (bicyclic) bond motifs is 3. The van der Waals surface area contributed by atoms with Crippen LogP contribution in [0.1, 0.15) is 41.1 Å². The average Bonchev–Trinajstić information content (AvgIpc) is 3.12. The zero-order chi connectivity index (χ0) is 17.7. The van der Waals surface area contributed by atoms with E-state index in [1.807, 2.05) is 43.9 Å². The second-order valence-electron chi connectivity index (χ2n) is 6.74. The third-order valence-electron chi connectivity index (χ3n) is 5.14. The second-order valence-corrected chi connectivity index (χ2v) is 7.18. The van der Waals surface area contributed by atoms with E-state index in [0.717, 1.165) is 34.3 Å². The van der Waals surface area contributed by atoms with E-state index < -0.39 is 0 Å². The largest absolute Gasteiger partial charge is 0.361 e. The normalized spacial score (nSPS) is 15.4. The average molecular weight is 358 g/mol. The van der Waals surface area contributed by atoms with Crippen molar-refractivity contribution in [2.24, 2.45) is 0 Å². The number of carbonyl (C=O) groups is 1. The molecule has 4 rings (SSSR count). The summed E-state index contributed by atoms with van der Waals surface area (Å²) in [6, 6.07) is 5.85. The molecule has 0 unspecified atom stereocenters. The summed E-state index contributed by atoms with van der Waals surface area (Å²) in [5.41, 5.74) is 5.13. The number of aromatic nitrogens is 2. The Bertz CT molecular complexity index is 953.